The topological polar surface area (TPSA) is 29.1 Å². The van der Waals surface area contributed by atoms with Crippen LogP contribution in [0.3, 0.4) is 0 Å². The SMILES string of the molecule is CCCCCCCCCCCCCOCC[O]. The third-order valence-electron chi connectivity index (χ3n) is 3.12. The molecule has 0 aliphatic heterocycles. The molecule has 1 radical (unpaired) electrons. The first-order valence-electron chi connectivity index (χ1n) is 7.57. The van der Waals surface area contributed by atoms with E-state index in [2.05, 4.69) is 6.92 Å². The van der Waals surface area contributed by atoms with E-state index in [4.69, 9.17) is 4.74 Å². The van der Waals surface area contributed by atoms with E-state index in [-0.39, 0.29) is 6.61 Å². The minimum atomic E-state index is -0.0992. The molecule has 2 heteroatoms. The standard InChI is InChI=1S/C15H31O2/c1-2-3-4-5-6-7-8-9-10-11-12-14-17-15-13-16/h2-15H2,1H3. The first-order chi connectivity index (χ1) is 8.41. The number of ether oxygens (including phenoxy) is 1. The Hall–Kier alpha value is -0.0800. The van der Waals surface area contributed by atoms with Crippen LogP contribution >= 0.6 is 0 Å². The highest BCUT2D eigenvalue weighted by Gasteiger charge is 1.93. The molecule has 0 saturated carbocycles. The van der Waals surface area contributed by atoms with Gasteiger partial charge in [0.2, 0.25) is 0 Å². The van der Waals surface area contributed by atoms with E-state index in [0.717, 1.165) is 13.0 Å². The Balaban J connectivity index is 2.85. The quantitative estimate of drug-likeness (QED) is 0.405. The molecule has 0 rings (SSSR count). The molecule has 0 atom stereocenters. The van der Waals surface area contributed by atoms with Crippen molar-refractivity contribution >= 4 is 0 Å². The van der Waals surface area contributed by atoms with Crippen LogP contribution in [0.4, 0.5) is 0 Å². The average Bonchev–Trinajstić information content (AvgIpc) is 2.35. The molecule has 0 aliphatic carbocycles. The Labute approximate surface area is 108 Å². The second-order valence-corrected chi connectivity index (χ2v) is 4.85. The fourth-order valence-electron chi connectivity index (χ4n) is 2.03. The molecule has 0 amide bonds. The van der Waals surface area contributed by atoms with Gasteiger partial charge in [-0.15, -0.1) is 0 Å². The summed E-state index contributed by atoms with van der Waals surface area (Å²) in [7, 11) is 0. The number of unbranched alkanes of at least 4 members (excludes halogenated alkanes) is 10. The van der Waals surface area contributed by atoms with Crippen molar-refractivity contribution in [3.8, 4) is 0 Å². The van der Waals surface area contributed by atoms with E-state index in [1.807, 2.05) is 0 Å². The van der Waals surface area contributed by atoms with Gasteiger partial charge < -0.3 is 4.74 Å². The van der Waals surface area contributed by atoms with Gasteiger partial charge in [0.1, 0.15) is 6.61 Å². The van der Waals surface area contributed by atoms with Gasteiger partial charge >= 0.3 is 0 Å². The summed E-state index contributed by atoms with van der Waals surface area (Å²) in [5.41, 5.74) is 0. The molecule has 0 fully saturated rings. The van der Waals surface area contributed by atoms with Gasteiger partial charge in [0.15, 0.2) is 0 Å². The van der Waals surface area contributed by atoms with Crippen molar-refractivity contribution in [1.82, 2.24) is 0 Å². The van der Waals surface area contributed by atoms with Gasteiger partial charge in [-0.25, -0.2) is 5.11 Å². The van der Waals surface area contributed by atoms with Crippen LogP contribution in [0.25, 0.3) is 0 Å². The average molecular weight is 243 g/mol. The zero-order valence-electron chi connectivity index (χ0n) is 11.7. The van der Waals surface area contributed by atoms with Crippen molar-refractivity contribution in [2.75, 3.05) is 19.8 Å². The Morgan fingerprint density at radius 3 is 1.59 bits per heavy atom. The number of rotatable bonds is 14. The summed E-state index contributed by atoms with van der Waals surface area (Å²) in [5, 5.41) is 10.1. The van der Waals surface area contributed by atoms with Gasteiger partial charge in [-0.05, 0) is 6.42 Å². The van der Waals surface area contributed by atoms with Gasteiger partial charge in [-0.1, -0.05) is 71.1 Å². The smallest absolute Gasteiger partial charge is 0.106 e. The molecule has 2 nitrogen and oxygen atoms in total. The second kappa shape index (κ2) is 15.9. The van der Waals surface area contributed by atoms with E-state index < -0.39 is 0 Å². The Morgan fingerprint density at radius 1 is 0.647 bits per heavy atom. The molecule has 0 bridgehead atoms. The van der Waals surface area contributed by atoms with Crippen molar-refractivity contribution in [2.24, 2.45) is 0 Å². The van der Waals surface area contributed by atoms with Crippen LogP contribution in [-0.4, -0.2) is 19.8 Å². The highest BCUT2D eigenvalue weighted by Crippen LogP contribution is 2.11. The van der Waals surface area contributed by atoms with Crippen molar-refractivity contribution in [1.29, 1.82) is 0 Å². The molecule has 0 unspecified atom stereocenters. The predicted molar refractivity (Wildman–Crippen MR) is 72.8 cm³/mol. The van der Waals surface area contributed by atoms with E-state index in [1.54, 1.807) is 0 Å². The van der Waals surface area contributed by atoms with Gasteiger partial charge in [0.05, 0.1) is 6.61 Å². The maximum absolute atomic E-state index is 10.1. The third kappa shape index (κ3) is 15.9. The van der Waals surface area contributed by atoms with Crippen molar-refractivity contribution < 1.29 is 9.84 Å². The first kappa shape index (κ1) is 16.9. The summed E-state index contributed by atoms with van der Waals surface area (Å²) >= 11 is 0. The molecule has 0 heterocycles. The van der Waals surface area contributed by atoms with Crippen LogP contribution in [0.15, 0.2) is 0 Å². The lowest BCUT2D eigenvalue weighted by Gasteiger charge is -2.03. The summed E-state index contributed by atoms with van der Waals surface area (Å²) in [6.07, 6.45) is 14.9. The second-order valence-electron chi connectivity index (χ2n) is 4.85. The summed E-state index contributed by atoms with van der Waals surface area (Å²) in [5.74, 6) is 0. The fraction of sp³-hybridized carbons (Fsp3) is 1.00. The monoisotopic (exact) mass is 243 g/mol. The lowest BCUT2D eigenvalue weighted by atomic mass is 10.1. The van der Waals surface area contributed by atoms with Crippen LogP contribution in [0, 0.1) is 0 Å². The normalized spacial score (nSPS) is 10.9. The Kier molecular flexibility index (Phi) is 15.8. The Bertz CT molecular complexity index is 112. The van der Waals surface area contributed by atoms with Crippen LogP contribution in [-0.2, 0) is 9.84 Å². The predicted octanol–water partition coefficient (Wildman–Crippen LogP) is 4.74. The minimum absolute atomic E-state index is 0.0992. The Morgan fingerprint density at radius 2 is 1.12 bits per heavy atom. The van der Waals surface area contributed by atoms with E-state index in [1.165, 1.54) is 64.2 Å². The summed E-state index contributed by atoms with van der Waals surface area (Å²) in [4.78, 5) is 0. The highest BCUT2D eigenvalue weighted by molar-refractivity contribution is 4.47. The van der Waals surface area contributed by atoms with Crippen LogP contribution in [0.1, 0.15) is 77.6 Å². The van der Waals surface area contributed by atoms with E-state index >= 15 is 0 Å². The summed E-state index contributed by atoms with van der Waals surface area (Å²) in [6, 6.07) is 0. The van der Waals surface area contributed by atoms with Gasteiger partial charge in [-0.3, -0.25) is 0 Å². The van der Waals surface area contributed by atoms with Crippen molar-refractivity contribution in [2.45, 2.75) is 77.6 Å². The zero-order chi connectivity index (χ0) is 12.6. The van der Waals surface area contributed by atoms with Crippen molar-refractivity contribution in [3.63, 3.8) is 0 Å². The first-order valence-corrected chi connectivity index (χ1v) is 7.57. The summed E-state index contributed by atoms with van der Waals surface area (Å²) in [6.45, 7) is 3.33. The molecule has 103 valence electrons. The molecular weight excluding hydrogens is 212 g/mol. The van der Waals surface area contributed by atoms with Gasteiger partial charge in [0, 0.05) is 6.61 Å². The van der Waals surface area contributed by atoms with Crippen LogP contribution < -0.4 is 0 Å². The molecule has 0 N–H and O–H groups in total. The zero-order valence-corrected chi connectivity index (χ0v) is 11.7. The maximum Gasteiger partial charge on any atom is 0.106 e. The lowest BCUT2D eigenvalue weighted by Crippen LogP contribution is -1.99. The third-order valence-corrected chi connectivity index (χ3v) is 3.12. The van der Waals surface area contributed by atoms with Crippen LogP contribution in [0.2, 0.25) is 0 Å². The molecule has 0 aromatic carbocycles. The van der Waals surface area contributed by atoms with Gasteiger partial charge in [-0.2, -0.15) is 0 Å². The largest absolute Gasteiger partial charge is 0.379 e. The van der Waals surface area contributed by atoms with Gasteiger partial charge in [0.25, 0.3) is 0 Å². The molecule has 0 aliphatic rings. The fourth-order valence-corrected chi connectivity index (χ4v) is 2.03. The molecule has 17 heavy (non-hydrogen) atoms. The van der Waals surface area contributed by atoms with Crippen LogP contribution in [0.5, 0.6) is 0 Å². The minimum Gasteiger partial charge on any atom is -0.379 e. The number of hydrogen-bond donors (Lipinski definition) is 0. The molecular formula is C15H31O2. The molecule has 0 spiro atoms. The molecule has 0 aromatic heterocycles. The maximum atomic E-state index is 10.1. The molecule has 0 saturated heterocycles. The number of hydrogen-bond acceptors (Lipinski definition) is 1. The van der Waals surface area contributed by atoms with Crippen molar-refractivity contribution in [3.05, 3.63) is 0 Å². The molecule has 0 aromatic rings. The summed E-state index contributed by atoms with van der Waals surface area (Å²) < 4.78 is 5.15. The van der Waals surface area contributed by atoms with E-state index in [9.17, 15) is 5.11 Å². The highest BCUT2D eigenvalue weighted by atomic mass is 16.5. The lowest BCUT2D eigenvalue weighted by molar-refractivity contribution is 0.0618. The van der Waals surface area contributed by atoms with E-state index in [0.29, 0.717) is 6.61 Å².